The fourth-order valence-electron chi connectivity index (χ4n) is 1.71. The number of carbonyl (C=O) groups excluding carboxylic acids is 2. The summed E-state index contributed by atoms with van der Waals surface area (Å²) in [4.78, 5) is 24.4. The SMILES string of the molecule is CC(C)(C)OC(=O)NN(C(=O)OC(C)(C)C)c1ccc(OC(F)(F)F)cc1. The molecule has 2 amide bonds. The van der Waals surface area contributed by atoms with E-state index in [1.165, 1.54) is 0 Å². The highest BCUT2D eigenvalue weighted by Crippen LogP contribution is 2.25. The molecule has 1 aromatic rings. The summed E-state index contributed by atoms with van der Waals surface area (Å²) in [5.74, 6) is -0.479. The van der Waals surface area contributed by atoms with Crippen LogP contribution in [0.25, 0.3) is 0 Å². The van der Waals surface area contributed by atoms with Gasteiger partial charge < -0.3 is 14.2 Å². The number of ether oxygens (including phenoxy) is 3. The van der Waals surface area contributed by atoms with Crippen molar-refractivity contribution in [2.45, 2.75) is 59.1 Å². The summed E-state index contributed by atoms with van der Waals surface area (Å²) >= 11 is 0. The summed E-state index contributed by atoms with van der Waals surface area (Å²) < 4.78 is 50.9. The van der Waals surface area contributed by atoms with E-state index in [0.717, 1.165) is 29.3 Å². The Morgan fingerprint density at radius 1 is 0.889 bits per heavy atom. The molecule has 0 heterocycles. The Bertz CT molecular complexity index is 661. The summed E-state index contributed by atoms with van der Waals surface area (Å²) in [5.41, 5.74) is 0.564. The first-order chi connectivity index (χ1) is 12.1. The van der Waals surface area contributed by atoms with E-state index in [1.807, 2.05) is 0 Å². The second-order valence-corrected chi connectivity index (χ2v) is 7.47. The van der Waals surface area contributed by atoms with Gasteiger partial charge in [-0.1, -0.05) is 0 Å². The molecule has 0 spiro atoms. The lowest BCUT2D eigenvalue weighted by atomic mass is 10.2. The van der Waals surface area contributed by atoms with E-state index in [-0.39, 0.29) is 5.69 Å². The van der Waals surface area contributed by atoms with E-state index < -0.39 is 35.5 Å². The summed E-state index contributed by atoms with van der Waals surface area (Å²) in [7, 11) is 0. The first-order valence-corrected chi connectivity index (χ1v) is 7.94. The number of hydrogen-bond acceptors (Lipinski definition) is 5. The van der Waals surface area contributed by atoms with Crippen molar-refractivity contribution < 1.29 is 37.0 Å². The summed E-state index contributed by atoms with van der Waals surface area (Å²) in [6.07, 6.45) is -6.73. The van der Waals surface area contributed by atoms with Gasteiger partial charge in [-0.05, 0) is 65.8 Å². The van der Waals surface area contributed by atoms with Crippen LogP contribution in [0.3, 0.4) is 0 Å². The molecule has 7 nitrogen and oxygen atoms in total. The molecule has 0 aliphatic carbocycles. The summed E-state index contributed by atoms with van der Waals surface area (Å²) in [6.45, 7) is 9.76. The van der Waals surface area contributed by atoms with E-state index in [9.17, 15) is 22.8 Å². The lowest BCUT2D eigenvalue weighted by molar-refractivity contribution is -0.274. The van der Waals surface area contributed by atoms with Gasteiger partial charge in [0.2, 0.25) is 0 Å². The molecular weight excluding hydrogens is 369 g/mol. The standard InChI is InChI=1S/C17H23F3N2O5/c1-15(2,3)26-13(23)21-22(14(24)27-16(4,5)6)11-7-9-12(10-8-11)25-17(18,19)20/h7-10H,1-6H3,(H,21,23). The van der Waals surface area contributed by atoms with Crippen molar-refractivity contribution in [3.8, 4) is 5.75 Å². The first kappa shape index (κ1) is 22.4. The van der Waals surface area contributed by atoms with Crippen molar-refractivity contribution >= 4 is 17.9 Å². The number of hydrazine groups is 1. The van der Waals surface area contributed by atoms with Crippen LogP contribution in [0.15, 0.2) is 24.3 Å². The third kappa shape index (κ3) is 9.02. The lowest BCUT2D eigenvalue weighted by Gasteiger charge is -2.28. The minimum Gasteiger partial charge on any atom is -0.443 e. The Kier molecular flexibility index (Phi) is 6.58. The van der Waals surface area contributed by atoms with Crippen LogP contribution in [-0.4, -0.2) is 29.8 Å². The molecule has 0 aliphatic heterocycles. The number of hydrogen-bond donors (Lipinski definition) is 1. The molecule has 0 saturated heterocycles. The molecule has 1 N–H and O–H groups in total. The largest absolute Gasteiger partial charge is 0.573 e. The predicted molar refractivity (Wildman–Crippen MR) is 91.2 cm³/mol. The van der Waals surface area contributed by atoms with E-state index in [2.05, 4.69) is 10.2 Å². The number of amides is 2. The van der Waals surface area contributed by atoms with E-state index >= 15 is 0 Å². The molecular formula is C17H23F3N2O5. The zero-order valence-electron chi connectivity index (χ0n) is 15.9. The van der Waals surface area contributed by atoms with Gasteiger partial charge in [0.25, 0.3) is 0 Å². The Labute approximate surface area is 155 Å². The average Bonchev–Trinajstić information content (AvgIpc) is 2.40. The van der Waals surface area contributed by atoms with Gasteiger partial charge in [-0.2, -0.15) is 5.01 Å². The van der Waals surface area contributed by atoms with Crippen LogP contribution in [0.4, 0.5) is 28.4 Å². The monoisotopic (exact) mass is 392 g/mol. The number of rotatable bonds is 2. The molecule has 27 heavy (non-hydrogen) atoms. The number of halogens is 3. The average molecular weight is 392 g/mol. The molecule has 0 aliphatic rings. The predicted octanol–water partition coefficient (Wildman–Crippen LogP) is 4.77. The molecule has 0 atom stereocenters. The van der Waals surface area contributed by atoms with Gasteiger partial charge in [-0.3, -0.25) is 0 Å². The first-order valence-electron chi connectivity index (χ1n) is 7.94. The van der Waals surface area contributed by atoms with Crippen LogP contribution in [0, 0.1) is 0 Å². The smallest absolute Gasteiger partial charge is 0.443 e. The highest BCUT2D eigenvalue weighted by atomic mass is 19.4. The number of nitrogens with zero attached hydrogens (tertiary/aromatic N) is 1. The number of benzene rings is 1. The van der Waals surface area contributed by atoms with E-state index in [1.54, 1.807) is 41.5 Å². The molecule has 1 rings (SSSR count). The third-order valence-electron chi connectivity index (χ3n) is 2.51. The van der Waals surface area contributed by atoms with Gasteiger partial charge in [0.1, 0.15) is 17.0 Å². The van der Waals surface area contributed by atoms with Gasteiger partial charge in [0.15, 0.2) is 0 Å². The fourth-order valence-corrected chi connectivity index (χ4v) is 1.71. The van der Waals surface area contributed by atoms with E-state index in [0.29, 0.717) is 0 Å². The second-order valence-electron chi connectivity index (χ2n) is 7.47. The molecule has 0 unspecified atom stereocenters. The Balaban J connectivity index is 3.06. The van der Waals surface area contributed by atoms with Crippen LogP contribution in [0.1, 0.15) is 41.5 Å². The maximum Gasteiger partial charge on any atom is 0.573 e. The van der Waals surface area contributed by atoms with Crippen LogP contribution < -0.4 is 15.2 Å². The van der Waals surface area contributed by atoms with Crippen LogP contribution in [0.2, 0.25) is 0 Å². The Morgan fingerprint density at radius 3 is 1.78 bits per heavy atom. The molecule has 0 radical (unpaired) electrons. The zero-order chi connectivity index (χ0) is 21.0. The highest BCUT2D eigenvalue weighted by Gasteiger charge is 2.31. The van der Waals surface area contributed by atoms with Gasteiger partial charge >= 0.3 is 18.5 Å². The molecule has 1 aromatic carbocycles. The number of carbonyl (C=O) groups is 2. The Morgan fingerprint density at radius 2 is 1.37 bits per heavy atom. The van der Waals surface area contributed by atoms with Crippen LogP contribution >= 0.6 is 0 Å². The number of nitrogens with one attached hydrogen (secondary N) is 1. The van der Waals surface area contributed by atoms with Crippen molar-refractivity contribution in [2.24, 2.45) is 0 Å². The fraction of sp³-hybridized carbons (Fsp3) is 0.529. The van der Waals surface area contributed by atoms with Crippen molar-refractivity contribution in [1.82, 2.24) is 5.43 Å². The van der Waals surface area contributed by atoms with E-state index in [4.69, 9.17) is 9.47 Å². The highest BCUT2D eigenvalue weighted by molar-refractivity contribution is 5.90. The second kappa shape index (κ2) is 7.93. The quantitative estimate of drug-likeness (QED) is 0.734. The minimum atomic E-state index is -4.85. The minimum absolute atomic E-state index is 0.0460. The maximum absolute atomic E-state index is 12.4. The normalized spacial score (nSPS) is 12.2. The van der Waals surface area contributed by atoms with Gasteiger partial charge in [-0.25, -0.2) is 15.0 Å². The summed E-state index contributed by atoms with van der Waals surface area (Å²) in [5, 5.41) is 0.733. The lowest BCUT2D eigenvalue weighted by Crippen LogP contribution is -2.50. The summed E-state index contributed by atoms with van der Waals surface area (Å²) in [6, 6.07) is 4.30. The molecule has 0 fully saturated rings. The molecule has 0 aromatic heterocycles. The number of alkyl halides is 3. The maximum atomic E-state index is 12.4. The van der Waals surface area contributed by atoms with Crippen LogP contribution in [0.5, 0.6) is 5.75 Å². The zero-order valence-corrected chi connectivity index (χ0v) is 15.9. The van der Waals surface area contributed by atoms with Crippen molar-refractivity contribution in [3.63, 3.8) is 0 Å². The van der Waals surface area contributed by atoms with Gasteiger partial charge in [0.05, 0.1) is 5.69 Å². The van der Waals surface area contributed by atoms with Crippen molar-refractivity contribution in [2.75, 3.05) is 5.01 Å². The molecule has 152 valence electrons. The Hall–Kier alpha value is -2.65. The molecule has 10 heteroatoms. The third-order valence-corrected chi connectivity index (χ3v) is 2.51. The molecule has 0 bridgehead atoms. The van der Waals surface area contributed by atoms with Crippen molar-refractivity contribution in [1.29, 1.82) is 0 Å². The number of anilines is 1. The van der Waals surface area contributed by atoms with Crippen molar-refractivity contribution in [3.05, 3.63) is 24.3 Å². The molecule has 0 saturated carbocycles. The van der Waals surface area contributed by atoms with Crippen LogP contribution in [-0.2, 0) is 9.47 Å². The van der Waals surface area contributed by atoms with Gasteiger partial charge in [0, 0.05) is 0 Å². The topological polar surface area (TPSA) is 77.1 Å². The van der Waals surface area contributed by atoms with Gasteiger partial charge in [-0.15, -0.1) is 13.2 Å².